The number of hydrogen-bond donors (Lipinski definition) is 1. The van der Waals surface area contributed by atoms with E-state index in [9.17, 15) is 14.4 Å². The summed E-state index contributed by atoms with van der Waals surface area (Å²) in [4.78, 5) is 38.2. The number of nitrogens with one attached hydrogen (secondary N) is 1. The zero-order valence-corrected chi connectivity index (χ0v) is 18.8. The number of esters is 1. The number of anilines is 1. The Kier molecular flexibility index (Phi) is 8.90. The van der Waals surface area contributed by atoms with Crippen molar-refractivity contribution >= 4 is 46.7 Å². The lowest BCUT2D eigenvalue weighted by Crippen LogP contribution is -2.15. The molecule has 7 heteroatoms. The largest absolute Gasteiger partial charge is 0.457 e. The first kappa shape index (κ1) is 23.6. The second-order valence-corrected chi connectivity index (χ2v) is 8.52. The topological polar surface area (TPSA) is 72.5 Å². The molecule has 1 N–H and O–H groups in total. The van der Waals surface area contributed by atoms with Crippen LogP contribution in [0.1, 0.15) is 29.6 Å². The van der Waals surface area contributed by atoms with E-state index in [1.807, 2.05) is 54.6 Å². The highest BCUT2D eigenvalue weighted by atomic mass is 35.5. The van der Waals surface area contributed by atoms with Gasteiger partial charge in [0.25, 0.3) is 0 Å². The summed E-state index contributed by atoms with van der Waals surface area (Å²) < 4.78 is 5.00. The van der Waals surface area contributed by atoms with Gasteiger partial charge in [-0.1, -0.05) is 41.6 Å². The van der Waals surface area contributed by atoms with Gasteiger partial charge in [-0.2, -0.15) is 0 Å². The van der Waals surface area contributed by atoms with E-state index in [0.717, 1.165) is 9.79 Å². The SMILES string of the molecule is O=C(CCCC(=O)OCC(=O)c1ccc(Cl)cc1)Nc1ccc(Sc2ccccc2)cc1. The third-order valence-corrected chi connectivity index (χ3v) is 5.70. The van der Waals surface area contributed by atoms with Crippen LogP contribution in [-0.2, 0) is 14.3 Å². The Labute approximate surface area is 196 Å². The highest BCUT2D eigenvalue weighted by molar-refractivity contribution is 7.99. The maximum atomic E-state index is 12.1. The average molecular weight is 468 g/mol. The molecular weight excluding hydrogens is 446 g/mol. The molecule has 0 saturated heterocycles. The maximum Gasteiger partial charge on any atom is 0.306 e. The number of rotatable bonds is 10. The van der Waals surface area contributed by atoms with Crippen LogP contribution in [-0.4, -0.2) is 24.3 Å². The summed E-state index contributed by atoms with van der Waals surface area (Å²) in [5.41, 5.74) is 1.12. The number of ether oxygens (including phenoxy) is 1. The molecule has 5 nitrogen and oxygen atoms in total. The van der Waals surface area contributed by atoms with Gasteiger partial charge in [0, 0.05) is 38.9 Å². The van der Waals surface area contributed by atoms with E-state index in [2.05, 4.69) is 5.32 Å². The lowest BCUT2D eigenvalue weighted by atomic mass is 10.1. The Balaban J connectivity index is 1.34. The molecule has 3 aromatic rings. The number of carbonyl (C=O) groups excluding carboxylic acids is 3. The third-order valence-electron chi connectivity index (χ3n) is 4.43. The van der Waals surface area contributed by atoms with E-state index >= 15 is 0 Å². The summed E-state index contributed by atoms with van der Waals surface area (Å²) in [7, 11) is 0. The first-order chi connectivity index (χ1) is 15.5. The van der Waals surface area contributed by atoms with Crippen molar-refractivity contribution in [2.45, 2.75) is 29.1 Å². The molecule has 3 rings (SSSR count). The molecule has 0 aliphatic rings. The van der Waals surface area contributed by atoms with Crippen molar-refractivity contribution in [1.82, 2.24) is 0 Å². The van der Waals surface area contributed by atoms with Gasteiger partial charge in [-0.3, -0.25) is 14.4 Å². The van der Waals surface area contributed by atoms with E-state index in [1.54, 1.807) is 36.0 Å². The number of Topliss-reactive ketones (excluding diaryl/α,β-unsaturated/α-hetero) is 1. The van der Waals surface area contributed by atoms with Crippen molar-refractivity contribution in [2.24, 2.45) is 0 Å². The summed E-state index contributed by atoms with van der Waals surface area (Å²) in [6.07, 6.45) is 0.580. The molecule has 0 bridgehead atoms. The fourth-order valence-electron chi connectivity index (χ4n) is 2.79. The van der Waals surface area contributed by atoms with Crippen LogP contribution in [0.4, 0.5) is 5.69 Å². The van der Waals surface area contributed by atoms with Crippen LogP contribution < -0.4 is 5.32 Å². The minimum absolute atomic E-state index is 0.0635. The monoisotopic (exact) mass is 467 g/mol. The van der Waals surface area contributed by atoms with Gasteiger partial charge in [-0.05, 0) is 67.1 Å². The number of hydrogen-bond acceptors (Lipinski definition) is 5. The Hall–Kier alpha value is -3.09. The number of benzene rings is 3. The zero-order valence-electron chi connectivity index (χ0n) is 17.3. The summed E-state index contributed by atoms with van der Waals surface area (Å²) in [5, 5.41) is 3.34. The van der Waals surface area contributed by atoms with E-state index in [1.165, 1.54) is 0 Å². The minimum Gasteiger partial charge on any atom is -0.457 e. The molecule has 0 radical (unpaired) electrons. The number of halogens is 1. The first-order valence-corrected chi connectivity index (χ1v) is 11.3. The molecular formula is C25H22ClNO4S. The molecule has 0 heterocycles. The van der Waals surface area contributed by atoms with Gasteiger partial charge in [0.15, 0.2) is 12.4 Å². The summed E-state index contributed by atoms with van der Waals surface area (Å²) in [5.74, 6) is -0.998. The smallest absolute Gasteiger partial charge is 0.306 e. The Morgan fingerprint density at radius 3 is 2.16 bits per heavy atom. The van der Waals surface area contributed by atoms with Crippen molar-refractivity contribution < 1.29 is 19.1 Å². The van der Waals surface area contributed by atoms with Crippen molar-refractivity contribution in [3.05, 3.63) is 89.4 Å². The second-order valence-electron chi connectivity index (χ2n) is 6.93. The molecule has 0 unspecified atom stereocenters. The van der Waals surface area contributed by atoms with E-state index < -0.39 is 5.97 Å². The third kappa shape index (κ3) is 7.87. The lowest BCUT2D eigenvalue weighted by molar-refractivity contribution is -0.142. The Bertz CT molecular complexity index is 1050. The van der Waals surface area contributed by atoms with E-state index in [0.29, 0.717) is 22.7 Å². The van der Waals surface area contributed by atoms with Crippen LogP contribution in [0.15, 0.2) is 88.7 Å². The van der Waals surface area contributed by atoms with Crippen LogP contribution in [0.3, 0.4) is 0 Å². The van der Waals surface area contributed by atoms with Crippen LogP contribution in [0, 0.1) is 0 Å². The average Bonchev–Trinajstić information content (AvgIpc) is 2.80. The van der Waals surface area contributed by atoms with Gasteiger partial charge in [-0.25, -0.2) is 0 Å². The number of ketones is 1. The maximum absolute atomic E-state index is 12.1. The molecule has 0 aliphatic carbocycles. The van der Waals surface area contributed by atoms with Crippen molar-refractivity contribution in [2.75, 3.05) is 11.9 Å². The predicted octanol–water partition coefficient (Wildman–Crippen LogP) is 6.03. The van der Waals surface area contributed by atoms with Crippen molar-refractivity contribution in [1.29, 1.82) is 0 Å². The Morgan fingerprint density at radius 1 is 0.812 bits per heavy atom. The fraction of sp³-hybridized carbons (Fsp3) is 0.160. The van der Waals surface area contributed by atoms with Crippen LogP contribution in [0.2, 0.25) is 5.02 Å². The molecule has 1 amide bonds. The van der Waals surface area contributed by atoms with Crippen LogP contribution in [0.25, 0.3) is 0 Å². The van der Waals surface area contributed by atoms with Gasteiger partial charge < -0.3 is 10.1 Å². The lowest BCUT2D eigenvalue weighted by Gasteiger charge is -2.07. The fourth-order valence-corrected chi connectivity index (χ4v) is 3.75. The molecule has 0 fully saturated rings. The molecule has 32 heavy (non-hydrogen) atoms. The van der Waals surface area contributed by atoms with Crippen LogP contribution >= 0.6 is 23.4 Å². The first-order valence-electron chi connectivity index (χ1n) is 10.1. The van der Waals surface area contributed by atoms with Crippen molar-refractivity contribution in [3.63, 3.8) is 0 Å². The standard InChI is InChI=1S/C25H22ClNO4S/c26-19-11-9-18(10-12-19)23(28)17-31-25(30)8-4-7-24(29)27-20-13-15-22(16-14-20)32-21-5-2-1-3-6-21/h1-3,5-6,9-16H,4,7-8,17H2,(H,27,29). The molecule has 0 aromatic heterocycles. The summed E-state index contributed by atoms with van der Waals surface area (Å²) in [6.45, 7) is -0.333. The molecule has 0 saturated carbocycles. The van der Waals surface area contributed by atoms with Gasteiger partial charge in [-0.15, -0.1) is 0 Å². The highest BCUT2D eigenvalue weighted by Crippen LogP contribution is 2.28. The van der Waals surface area contributed by atoms with E-state index in [4.69, 9.17) is 16.3 Å². The van der Waals surface area contributed by atoms with E-state index in [-0.39, 0.29) is 31.1 Å². The van der Waals surface area contributed by atoms with Gasteiger partial charge in [0.1, 0.15) is 0 Å². The molecule has 0 aliphatic heterocycles. The molecule has 3 aromatic carbocycles. The quantitative estimate of drug-likeness (QED) is 0.291. The minimum atomic E-state index is -0.512. The predicted molar refractivity (Wildman–Crippen MR) is 126 cm³/mol. The molecule has 0 spiro atoms. The van der Waals surface area contributed by atoms with Crippen molar-refractivity contribution in [3.8, 4) is 0 Å². The normalized spacial score (nSPS) is 10.4. The molecule has 0 atom stereocenters. The summed E-state index contributed by atoms with van der Waals surface area (Å²) >= 11 is 7.43. The van der Waals surface area contributed by atoms with Gasteiger partial charge in [0.05, 0.1) is 0 Å². The number of amides is 1. The highest BCUT2D eigenvalue weighted by Gasteiger charge is 2.11. The zero-order chi connectivity index (χ0) is 22.8. The van der Waals surface area contributed by atoms with Gasteiger partial charge in [0.2, 0.25) is 5.91 Å². The van der Waals surface area contributed by atoms with Crippen LogP contribution in [0.5, 0.6) is 0 Å². The number of carbonyl (C=O) groups is 3. The Morgan fingerprint density at radius 2 is 1.47 bits per heavy atom. The molecule has 164 valence electrons. The van der Waals surface area contributed by atoms with Gasteiger partial charge >= 0.3 is 5.97 Å². The second kappa shape index (κ2) is 12.1. The summed E-state index contributed by atoms with van der Waals surface area (Å²) in [6, 6.07) is 24.0.